The topological polar surface area (TPSA) is 64.6 Å². The summed E-state index contributed by atoms with van der Waals surface area (Å²) in [5.74, 6) is -4.90. The van der Waals surface area contributed by atoms with Gasteiger partial charge < -0.3 is 14.8 Å². The smallest absolute Gasteiger partial charge is 0.350 e. The molecule has 2 rings (SSSR count). The Hall–Kier alpha value is -2.09. The molecule has 0 amide bonds. The van der Waals surface area contributed by atoms with Crippen LogP contribution in [0.3, 0.4) is 0 Å². The quantitative estimate of drug-likeness (QED) is 0.380. The standard InChI is InChI=1S/C13H11F2NO4S/c1-13(2)19-11(17)7(12(18)20-13)5-16-10-8(15)3-6(14)4-9(10)21/h3-5,16,21H,1-2H3. The van der Waals surface area contributed by atoms with Gasteiger partial charge in [0, 0.05) is 31.0 Å². The van der Waals surface area contributed by atoms with Crippen molar-refractivity contribution in [2.24, 2.45) is 0 Å². The molecule has 1 aliphatic heterocycles. The Labute approximate surface area is 124 Å². The summed E-state index contributed by atoms with van der Waals surface area (Å²) in [7, 11) is 0. The van der Waals surface area contributed by atoms with E-state index in [4.69, 9.17) is 9.47 Å². The first-order valence-corrected chi connectivity index (χ1v) is 6.26. The number of carbonyl (C=O) groups is 2. The number of ether oxygens (including phenoxy) is 2. The summed E-state index contributed by atoms with van der Waals surface area (Å²) in [6, 6.07) is 1.62. The summed E-state index contributed by atoms with van der Waals surface area (Å²) in [4.78, 5) is 23.3. The van der Waals surface area contributed by atoms with Gasteiger partial charge in [0.2, 0.25) is 0 Å². The van der Waals surface area contributed by atoms with Crippen molar-refractivity contribution in [2.75, 3.05) is 5.32 Å². The van der Waals surface area contributed by atoms with Gasteiger partial charge in [-0.05, 0) is 6.07 Å². The lowest BCUT2D eigenvalue weighted by atomic mass is 10.2. The number of anilines is 1. The molecule has 1 N–H and O–H groups in total. The minimum absolute atomic E-state index is 0.0257. The van der Waals surface area contributed by atoms with Crippen molar-refractivity contribution in [3.05, 3.63) is 35.5 Å². The Morgan fingerprint density at radius 3 is 2.29 bits per heavy atom. The molecule has 8 heteroatoms. The first-order valence-electron chi connectivity index (χ1n) is 5.81. The van der Waals surface area contributed by atoms with Gasteiger partial charge in [-0.15, -0.1) is 12.6 Å². The van der Waals surface area contributed by atoms with Crippen LogP contribution < -0.4 is 5.32 Å². The largest absolute Gasteiger partial charge is 0.419 e. The monoisotopic (exact) mass is 315 g/mol. The number of esters is 2. The second kappa shape index (κ2) is 5.36. The first kappa shape index (κ1) is 15.3. The third-order valence-corrected chi connectivity index (χ3v) is 2.86. The van der Waals surface area contributed by atoms with E-state index in [1.807, 2.05) is 0 Å². The van der Waals surface area contributed by atoms with Crippen LogP contribution in [0.2, 0.25) is 0 Å². The lowest BCUT2D eigenvalue weighted by Crippen LogP contribution is -2.42. The fourth-order valence-electron chi connectivity index (χ4n) is 1.63. The zero-order valence-corrected chi connectivity index (χ0v) is 12.0. The maximum atomic E-state index is 13.6. The molecule has 1 fully saturated rings. The SMILES string of the molecule is CC1(C)OC(=O)C(=CNc2c(F)cc(F)cc2S)C(=O)O1. The average molecular weight is 315 g/mol. The molecule has 0 aromatic heterocycles. The van der Waals surface area contributed by atoms with Crippen molar-refractivity contribution in [1.82, 2.24) is 0 Å². The summed E-state index contributed by atoms with van der Waals surface area (Å²) in [6.45, 7) is 2.80. The summed E-state index contributed by atoms with van der Waals surface area (Å²) in [5.41, 5.74) is -0.622. The van der Waals surface area contributed by atoms with Crippen LogP contribution in [0.25, 0.3) is 0 Å². The Bertz CT molecular complexity index is 613. The van der Waals surface area contributed by atoms with E-state index in [1.165, 1.54) is 13.8 Å². The van der Waals surface area contributed by atoms with Crippen molar-refractivity contribution in [1.29, 1.82) is 0 Å². The molecule has 1 aromatic carbocycles. The Balaban J connectivity index is 2.26. The molecule has 0 spiro atoms. The number of cyclic esters (lactones) is 2. The van der Waals surface area contributed by atoms with Crippen molar-refractivity contribution < 1.29 is 27.8 Å². The summed E-state index contributed by atoms with van der Waals surface area (Å²) < 4.78 is 36.2. The molecule has 0 radical (unpaired) electrons. The van der Waals surface area contributed by atoms with Crippen molar-refractivity contribution >= 4 is 30.3 Å². The van der Waals surface area contributed by atoms with E-state index in [9.17, 15) is 18.4 Å². The van der Waals surface area contributed by atoms with Crippen LogP contribution in [-0.4, -0.2) is 17.7 Å². The Kier molecular flexibility index (Phi) is 3.91. The van der Waals surface area contributed by atoms with Crippen LogP contribution in [0.4, 0.5) is 14.5 Å². The van der Waals surface area contributed by atoms with Crippen LogP contribution in [0.1, 0.15) is 13.8 Å². The van der Waals surface area contributed by atoms with Crippen molar-refractivity contribution in [2.45, 2.75) is 24.5 Å². The van der Waals surface area contributed by atoms with Gasteiger partial charge in [0.05, 0.1) is 5.69 Å². The summed E-state index contributed by atoms with van der Waals surface area (Å²) in [5, 5.41) is 2.38. The van der Waals surface area contributed by atoms with Gasteiger partial charge in [0.15, 0.2) is 11.4 Å². The highest BCUT2D eigenvalue weighted by atomic mass is 32.1. The van der Waals surface area contributed by atoms with E-state index in [2.05, 4.69) is 17.9 Å². The van der Waals surface area contributed by atoms with Gasteiger partial charge in [0.25, 0.3) is 5.79 Å². The number of hydrogen-bond acceptors (Lipinski definition) is 6. The molecule has 0 unspecified atom stereocenters. The molecule has 1 saturated heterocycles. The molecule has 1 aliphatic rings. The van der Waals surface area contributed by atoms with E-state index < -0.39 is 34.9 Å². The normalized spacial score (nSPS) is 17.1. The number of rotatable bonds is 2. The average Bonchev–Trinajstić information content (AvgIpc) is 2.29. The molecule has 0 atom stereocenters. The molecular weight excluding hydrogens is 304 g/mol. The minimum Gasteiger partial charge on any atom is -0.419 e. The van der Waals surface area contributed by atoms with Gasteiger partial charge in [-0.25, -0.2) is 18.4 Å². The van der Waals surface area contributed by atoms with Gasteiger partial charge in [-0.1, -0.05) is 0 Å². The van der Waals surface area contributed by atoms with E-state index in [0.29, 0.717) is 6.07 Å². The van der Waals surface area contributed by atoms with Crippen LogP contribution in [0, 0.1) is 11.6 Å². The van der Waals surface area contributed by atoms with Crippen LogP contribution >= 0.6 is 12.6 Å². The number of nitrogens with one attached hydrogen (secondary N) is 1. The number of benzene rings is 1. The summed E-state index contributed by atoms with van der Waals surface area (Å²) >= 11 is 3.90. The Morgan fingerprint density at radius 1 is 1.19 bits per heavy atom. The number of hydrogen-bond donors (Lipinski definition) is 2. The van der Waals surface area contributed by atoms with E-state index in [0.717, 1.165) is 12.3 Å². The van der Waals surface area contributed by atoms with Crippen molar-refractivity contribution in [3.63, 3.8) is 0 Å². The fourth-order valence-corrected chi connectivity index (χ4v) is 1.92. The predicted octanol–water partition coefficient (Wildman–Crippen LogP) is 2.39. The lowest BCUT2D eigenvalue weighted by molar-refractivity contribution is -0.222. The van der Waals surface area contributed by atoms with Crippen LogP contribution in [0.15, 0.2) is 28.8 Å². The van der Waals surface area contributed by atoms with E-state index in [1.54, 1.807) is 0 Å². The van der Waals surface area contributed by atoms with Crippen molar-refractivity contribution in [3.8, 4) is 0 Å². The first-order chi connectivity index (χ1) is 9.69. The number of halogens is 2. The van der Waals surface area contributed by atoms with E-state index in [-0.39, 0.29) is 10.6 Å². The third kappa shape index (κ3) is 3.33. The minimum atomic E-state index is -1.36. The fraction of sp³-hybridized carbons (Fsp3) is 0.231. The molecule has 0 aliphatic carbocycles. The summed E-state index contributed by atoms with van der Waals surface area (Å²) in [6.07, 6.45) is 0.927. The second-order valence-electron chi connectivity index (χ2n) is 4.66. The van der Waals surface area contributed by atoms with Crippen LogP contribution in [-0.2, 0) is 19.1 Å². The van der Waals surface area contributed by atoms with Gasteiger partial charge in [-0.3, -0.25) is 0 Å². The maximum Gasteiger partial charge on any atom is 0.350 e. The van der Waals surface area contributed by atoms with Gasteiger partial charge in [-0.2, -0.15) is 0 Å². The molecule has 1 heterocycles. The molecular formula is C13H11F2NO4S. The van der Waals surface area contributed by atoms with Gasteiger partial charge in [0.1, 0.15) is 5.82 Å². The Morgan fingerprint density at radius 2 is 1.76 bits per heavy atom. The molecule has 1 aromatic rings. The molecule has 112 valence electrons. The van der Waals surface area contributed by atoms with Crippen LogP contribution in [0.5, 0.6) is 0 Å². The number of carbonyl (C=O) groups excluding carboxylic acids is 2. The van der Waals surface area contributed by atoms with Gasteiger partial charge >= 0.3 is 11.9 Å². The molecule has 0 bridgehead atoms. The molecule has 0 saturated carbocycles. The highest BCUT2D eigenvalue weighted by molar-refractivity contribution is 7.80. The highest BCUT2D eigenvalue weighted by Gasteiger charge is 2.39. The molecule has 5 nitrogen and oxygen atoms in total. The molecule has 21 heavy (non-hydrogen) atoms. The third-order valence-electron chi connectivity index (χ3n) is 2.51. The van der Waals surface area contributed by atoms with E-state index >= 15 is 0 Å². The lowest BCUT2D eigenvalue weighted by Gasteiger charge is -2.29. The number of thiol groups is 1. The second-order valence-corrected chi connectivity index (χ2v) is 5.14. The zero-order chi connectivity index (χ0) is 15.8. The predicted molar refractivity (Wildman–Crippen MR) is 71.6 cm³/mol. The zero-order valence-electron chi connectivity index (χ0n) is 11.1. The maximum absolute atomic E-state index is 13.6. The highest BCUT2D eigenvalue weighted by Crippen LogP contribution is 2.26.